The Morgan fingerprint density at radius 2 is 0.945 bits per heavy atom. The minimum absolute atomic E-state index is 0.120. The van der Waals surface area contributed by atoms with Crippen LogP contribution in [0.25, 0.3) is 0 Å². The lowest BCUT2D eigenvalue weighted by Gasteiger charge is -2.43. The van der Waals surface area contributed by atoms with E-state index >= 15 is 0 Å². The van der Waals surface area contributed by atoms with E-state index in [2.05, 4.69) is 73.6 Å². The summed E-state index contributed by atoms with van der Waals surface area (Å²) >= 11 is 0. The highest BCUT2D eigenvalue weighted by Crippen LogP contribution is 2.36. The van der Waals surface area contributed by atoms with Crippen molar-refractivity contribution in [2.75, 3.05) is 95.7 Å². The number of ether oxygens (including phenoxy) is 3. The van der Waals surface area contributed by atoms with E-state index in [9.17, 15) is 13.2 Å². The van der Waals surface area contributed by atoms with Crippen molar-refractivity contribution in [3.8, 4) is 5.75 Å². The van der Waals surface area contributed by atoms with E-state index < -0.39 is 11.6 Å². The minimum Gasteiger partial charge on any atom is -0.494 e. The van der Waals surface area contributed by atoms with Gasteiger partial charge in [0.2, 0.25) is 0 Å². The van der Waals surface area contributed by atoms with Gasteiger partial charge >= 0.3 is 0 Å². The van der Waals surface area contributed by atoms with Gasteiger partial charge in [0.15, 0.2) is 5.82 Å². The topological polar surface area (TPSA) is 40.7 Å². The molecule has 4 aliphatic heterocycles. The van der Waals surface area contributed by atoms with Crippen LogP contribution in [0.15, 0.2) is 48.5 Å². The number of benzene rings is 3. The van der Waals surface area contributed by atoms with Gasteiger partial charge in [0, 0.05) is 52.4 Å². The average Bonchev–Trinajstić information content (AvgIpc) is 3.13. The molecule has 0 amide bonds. The predicted molar refractivity (Wildman–Crippen MR) is 223 cm³/mol. The van der Waals surface area contributed by atoms with Gasteiger partial charge in [-0.3, -0.25) is 9.80 Å². The van der Waals surface area contributed by atoms with Crippen molar-refractivity contribution >= 4 is 11.4 Å². The second-order valence-corrected chi connectivity index (χ2v) is 14.8. The Morgan fingerprint density at radius 1 is 0.545 bits per heavy atom. The molecule has 55 heavy (non-hydrogen) atoms. The van der Waals surface area contributed by atoms with Gasteiger partial charge in [0.25, 0.3) is 0 Å². The second-order valence-electron chi connectivity index (χ2n) is 14.8. The van der Waals surface area contributed by atoms with Crippen LogP contribution in [-0.4, -0.2) is 108 Å². The second kappa shape index (κ2) is 23.0. The smallest absolute Gasteiger partial charge is 0.150 e. The molecule has 0 spiro atoms. The highest BCUT2D eigenvalue weighted by atomic mass is 19.1. The van der Waals surface area contributed by atoms with Gasteiger partial charge in [0.05, 0.1) is 45.6 Å². The maximum atomic E-state index is 14.6. The number of methoxy groups -OCH3 is 1. The third-order valence-electron chi connectivity index (χ3n) is 10.4. The van der Waals surface area contributed by atoms with Crippen molar-refractivity contribution in [3.63, 3.8) is 0 Å². The highest BCUT2D eigenvalue weighted by molar-refractivity contribution is 5.61. The molecule has 4 fully saturated rings. The van der Waals surface area contributed by atoms with Crippen LogP contribution in [0.4, 0.5) is 24.5 Å². The largest absolute Gasteiger partial charge is 0.494 e. The molecule has 0 atom stereocenters. The molecule has 7 nitrogen and oxygen atoms in total. The van der Waals surface area contributed by atoms with Crippen LogP contribution < -0.4 is 14.5 Å². The molecule has 0 aliphatic carbocycles. The number of nitrogens with zero attached hydrogens (tertiary/aromatic N) is 4. The van der Waals surface area contributed by atoms with Crippen LogP contribution in [0.1, 0.15) is 89.5 Å². The summed E-state index contributed by atoms with van der Waals surface area (Å²) in [4.78, 5) is 8.69. The predicted octanol–water partition coefficient (Wildman–Crippen LogP) is 9.44. The van der Waals surface area contributed by atoms with Crippen LogP contribution in [0.5, 0.6) is 5.75 Å². The lowest BCUT2D eigenvalue weighted by molar-refractivity contribution is -0.0661. The average molecular weight is 771 g/mol. The van der Waals surface area contributed by atoms with E-state index in [1.807, 2.05) is 33.8 Å². The zero-order chi connectivity index (χ0) is 40.7. The monoisotopic (exact) mass is 771 g/mol. The van der Waals surface area contributed by atoms with Gasteiger partial charge in [-0.2, -0.15) is 0 Å². The molecule has 0 saturated carbocycles. The molecule has 0 bridgehead atoms. The molecular weight excluding hydrogens is 702 g/mol. The summed E-state index contributed by atoms with van der Waals surface area (Å²) in [6, 6.07) is 16.2. The number of piperazine rings is 2. The molecule has 0 unspecified atom stereocenters. The number of rotatable bonds is 7. The number of aryl methyl sites for hydroxylation is 2. The number of hydrogen-bond donors (Lipinski definition) is 0. The summed E-state index contributed by atoms with van der Waals surface area (Å²) in [5.41, 5.74) is 5.08. The van der Waals surface area contributed by atoms with Crippen LogP contribution in [0.2, 0.25) is 0 Å². The Balaban J connectivity index is 0.000000224. The molecule has 3 aromatic carbocycles. The number of halogens is 3. The molecule has 4 aliphatic rings. The zero-order valence-electron chi connectivity index (χ0n) is 35.6. The van der Waals surface area contributed by atoms with Gasteiger partial charge in [-0.05, 0) is 66.6 Å². The van der Waals surface area contributed by atoms with Gasteiger partial charge in [-0.1, -0.05) is 85.2 Å². The summed E-state index contributed by atoms with van der Waals surface area (Å²) < 4.78 is 58.3. The fourth-order valence-electron chi connectivity index (χ4n) is 6.82. The summed E-state index contributed by atoms with van der Waals surface area (Å²) in [5.74, 6) is 0.483. The zero-order valence-corrected chi connectivity index (χ0v) is 35.6. The van der Waals surface area contributed by atoms with Crippen LogP contribution in [0, 0.1) is 31.3 Å². The summed E-state index contributed by atoms with van der Waals surface area (Å²) in [5, 5.41) is 0. The molecule has 4 saturated heterocycles. The lowest BCUT2D eigenvalue weighted by Crippen LogP contribution is -2.56. The third-order valence-corrected chi connectivity index (χ3v) is 10.4. The molecular formula is C45H69F3N4O3. The maximum absolute atomic E-state index is 14.6. The Hall–Kier alpha value is -3.31. The maximum Gasteiger partial charge on any atom is 0.150 e. The van der Waals surface area contributed by atoms with Gasteiger partial charge in [-0.15, -0.1) is 0 Å². The van der Waals surface area contributed by atoms with Gasteiger partial charge < -0.3 is 24.0 Å². The van der Waals surface area contributed by atoms with E-state index in [0.29, 0.717) is 48.1 Å². The van der Waals surface area contributed by atoms with E-state index in [1.54, 1.807) is 25.0 Å². The molecule has 0 radical (unpaired) electrons. The quantitative estimate of drug-likeness (QED) is 0.237. The molecule has 7 rings (SSSR count). The Kier molecular flexibility index (Phi) is 19.3. The minimum atomic E-state index is -0.460. The normalized spacial score (nSPS) is 17.7. The van der Waals surface area contributed by atoms with E-state index in [-0.39, 0.29) is 17.4 Å². The fourth-order valence-corrected chi connectivity index (χ4v) is 6.82. The molecule has 4 heterocycles. The SMILES string of the molecule is CC.CC.COc1cc(C(C)C)cc(F)c1N1CCN(C2COC2)CC1.Cc1cc(F)c(N2CCN(C3COC3)CC2)c(F)c1.Cc1ccc(C(C)C)cc1. The van der Waals surface area contributed by atoms with Crippen molar-refractivity contribution in [1.29, 1.82) is 0 Å². The fraction of sp³-hybridized carbons (Fsp3) is 0.600. The van der Waals surface area contributed by atoms with Gasteiger partial charge in [-0.25, -0.2) is 13.2 Å². The molecule has 0 aromatic heterocycles. The standard InChI is InChI=1S/C17H25FN2O2.C14H18F2N2O.C10H14.2C2H6/c1-12(2)13-8-15(18)17(16(9-13)21-3)20-6-4-19(5-7-20)14-10-22-11-14;1-10-6-12(15)14(13(16)7-10)18-4-2-17(3-5-18)11-8-19-9-11;1-8(2)10-6-4-9(3)5-7-10;2*1-2/h8-9,12,14H,4-7,10-11H2,1-3H3;6-7,11H,2-5,8-9H2,1H3;4-8H,1-3H3;2*1-2H3. The van der Waals surface area contributed by atoms with Crippen molar-refractivity contribution in [2.24, 2.45) is 0 Å². The molecule has 308 valence electrons. The lowest BCUT2D eigenvalue weighted by atomic mass is 10.0. The van der Waals surface area contributed by atoms with Crippen molar-refractivity contribution in [3.05, 3.63) is 88.2 Å². The van der Waals surface area contributed by atoms with Crippen LogP contribution in [-0.2, 0) is 9.47 Å². The Bertz CT molecular complexity index is 1520. The Labute approximate surface area is 330 Å². The van der Waals surface area contributed by atoms with Gasteiger partial charge in [0.1, 0.15) is 28.8 Å². The molecule has 3 aromatic rings. The first-order chi connectivity index (χ1) is 26.4. The number of anilines is 2. The molecule has 10 heteroatoms. The van der Waals surface area contributed by atoms with E-state index in [4.69, 9.17) is 14.2 Å². The highest BCUT2D eigenvalue weighted by Gasteiger charge is 2.32. The first-order valence-electron chi connectivity index (χ1n) is 20.5. The van der Waals surface area contributed by atoms with Crippen LogP contribution in [0.3, 0.4) is 0 Å². The third kappa shape index (κ3) is 12.9. The first-order valence-corrected chi connectivity index (χ1v) is 20.5. The van der Waals surface area contributed by atoms with E-state index in [0.717, 1.165) is 71.3 Å². The Morgan fingerprint density at radius 3 is 1.31 bits per heavy atom. The summed E-state index contributed by atoms with van der Waals surface area (Å²) in [6.45, 7) is 30.1. The van der Waals surface area contributed by atoms with Crippen LogP contribution >= 0.6 is 0 Å². The van der Waals surface area contributed by atoms with Crippen molar-refractivity contribution in [1.82, 2.24) is 9.80 Å². The first kappa shape index (κ1) is 46.1. The van der Waals surface area contributed by atoms with E-state index in [1.165, 1.54) is 23.3 Å². The van der Waals surface area contributed by atoms with Crippen molar-refractivity contribution in [2.45, 2.75) is 93.2 Å². The van der Waals surface area contributed by atoms with Crippen molar-refractivity contribution < 1.29 is 27.4 Å². The summed E-state index contributed by atoms with van der Waals surface area (Å²) in [7, 11) is 1.62. The summed E-state index contributed by atoms with van der Waals surface area (Å²) in [6.07, 6.45) is 0. The molecule has 0 N–H and O–H groups in total. The number of hydrogen-bond acceptors (Lipinski definition) is 7.